The van der Waals surface area contributed by atoms with Gasteiger partial charge in [0, 0.05) is 12.8 Å². The molecule has 2 fully saturated rings. The lowest BCUT2D eigenvalue weighted by Crippen LogP contribution is -2.36. The Balaban J connectivity index is 1.92. The van der Waals surface area contributed by atoms with Crippen molar-refractivity contribution in [3.05, 3.63) is 0 Å². The summed E-state index contributed by atoms with van der Waals surface area (Å²) in [6.45, 7) is 2.12. The first-order valence-corrected chi connectivity index (χ1v) is 7.92. The van der Waals surface area contributed by atoms with Crippen LogP contribution >= 0.6 is 0 Å². The highest BCUT2D eigenvalue weighted by Crippen LogP contribution is 2.38. The van der Waals surface area contributed by atoms with Crippen LogP contribution in [0.5, 0.6) is 0 Å². The molecule has 2 unspecified atom stereocenters. The second kappa shape index (κ2) is 4.84. The van der Waals surface area contributed by atoms with Crippen molar-refractivity contribution in [1.82, 2.24) is 0 Å². The highest BCUT2D eigenvalue weighted by molar-refractivity contribution is 7.86. The van der Waals surface area contributed by atoms with Crippen LogP contribution in [-0.2, 0) is 23.8 Å². The Morgan fingerprint density at radius 2 is 1.94 bits per heavy atom. The summed E-state index contributed by atoms with van der Waals surface area (Å²) in [6.07, 6.45) is 5.49. The van der Waals surface area contributed by atoms with Gasteiger partial charge in [-0.25, -0.2) is 0 Å². The van der Waals surface area contributed by atoms with Crippen molar-refractivity contribution >= 4 is 10.1 Å². The van der Waals surface area contributed by atoms with Crippen LogP contribution in [-0.4, -0.2) is 39.3 Å². The van der Waals surface area contributed by atoms with E-state index in [4.69, 9.17) is 13.7 Å². The van der Waals surface area contributed by atoms with E-state index in [-0.39, 0.29) is 6.10 Å². The summed E-state index contributed by atoms with van der Waals surface area (Å²) in [4.78, 5) is 0. The highest BCUT2D eigenvalue weighted by Gasteiger charge is 2.44. The fraction of sp³-hybridized carbons (Fsp3) is 1.00. The first kappa shape index (κ1) is 13.3. The van der Waals surface area contributed by atoms with Crippen molar-refractivity contribution in [2.75, 3.05) is 12.9 Å². The van der Waals surface area contributed by atoms with Gasteiger partial charge in [-0.05, 0) is 19.8 Å². The number of hydrogen-bond acceptors (Lipinski definition) is 5. The Morgan fingerprint density at radius 1 is 1.29 bits per heavy atom. The molecule has 2 aliphatic rings. The molecule has 100 valence electrons. The zero-order valence-corrected chi connectivity index (χ0v) is 11.2. The summed E-state index contributed by atoms with van der Waals surface area (Å²) < 4.78 is 38.6. The van der Waals surface area contributed by atoms with Crippen LogP contribution < -0.4 is 0 Å². The van der Waals surface area contributed by atoms with Crippen LogP contribution in [0.25, 0.3) is 0 Å². The van der Waals surface area contributed by atoms with Crippen LogP contribution in [0.4, 0.5) is 0 Å². The minimum atomic E-state index is -3.44. The zero-order chi connectivity index (χ0) is 12.5. The molecule has 0 aromatic heterocycles. The summed E-state index contributed by atoms with van der Waals surface area (Å²) in [5, 5.41) is 0. The van der Waals surface area contributed by atoms with Gasteiger partial charge in [0.25, 0.3) is 10.1 Å². The van der Waals surface area contributed by atoms with Gasteiger partial charge in [0.15, 0.2) is 5.79 Å². The molecule has 1 aliphatic heterocycles. The summed E-state index contributed by atoms with van der Waals surface area (Å²) in [6, 6.07) is 0. The molecule has 2 atom stereocenters. The van der Waals surface area contributed by atoms with Gasteiger partial charge in [-0.1, -0.05) is 6.42 Å². The van der Waals surface area contributed by atoms with Gasteiger partial charge in [-0.3, -0.25) is 4.18 Å². The zero-order valence-electron chi connectivity index (χ0n) is 10.3. The van der Waals surface area contributed by atoms with E-state index in [9.17, 15) is 8.42 Å². The largest absolute Gasteiger partial charge is 0.347 e. The lowest BCUT2D eigenvalue weighted by Gasteiger charge is -2.32. The third-order valence-electron chi connectivity index (χ3n) is 3.34. The number of ether oxygens (including phenoxy) is 2. The average Bonchev–Trinajstić information content (AvgIpc) is 2.61. The fourth-order valence-corrected chi connectivity index (χ4v) is 3.17. The second-order valence-corrected chi connectivity index (χ2v) is 6.54. The molecular weight excluding hydrogens is 244 g/mol. The molecule has 0 aromatic carbocycles. The minimum absolute atomic E-state index is 0.289. The van der Waals surface area contributed by atoms with E-state index in [1.165, 1.54) is 6.42 Å². The molecule has 0 radical (unpaired) electrons. The van der Waals surface area contributed by atoms with E-state index in [2.05, 4.69) is 0 Å². The molecule has 6 heteroatoms. The van der Waals surface area contributed by atoms with Crippen molar-refractivity contribution < 1.29 is 22.1 Å². The van der Waals surface area contributed by atoms with Crippen LogP contribution in [0.2, 0.25) is 0 Å². The van der Waals surface area contributed by atoms with Gasteiger partial charge < -0.3 is 9.47 Å². The van der Waals surface area contributed by atoms with Gasteiger partial charge in [0.1, 0.15) is 12.2 Å². The Morgan fingerprint density at radius 3 is 2.53 bits per heavy atom. The normalized spacial score (nSPS) is 30.6. The van der Waals surface area contributed by atoms with E-state index in [0.29, 0.717) is 6.61 Å². The summed E-state index contributed by atoms with van der Waals surface area (Å²) in [5.41, 5.74) is 0. The standard InChI is InChI=1S/C11H20O5S/c1-9(16-17(2,12)13)10-8-14-11(15-10)6-4-3-5-7-11/h9-10H,3-8H2,1-2H3. The topological polar surface area (TPSA) is 61.8 Å². The Labute approximate surface area is 103 Å². The Kier molecular flexibility index (Phi) is 3.77. The van der Waals surface area contributed by atoms with E-state index in [1.807, 2.05) is 0 Å². The third kappa shape index (κ3) is 3.40. The van der Waals surface area contributed by atoms with E-state index >= 15 is 0 Å². The maximum Gasteiger partial charge on any atom is 0.264 e. The van der Waals surface area contributed by atoms with Crippen LogP contribution in [0.1, 0.15) is 39.0 Å². The van der Waals surface area contributed by atoms with Crippen molar-refractivity contribution in [2.45, 2.75) is 57.0 Å². The number of rotatable bonds is 3. The maximum absolute atomic E-state index is 11.0. The Hall–Kier alpha value is -0.170. The van der Waals surface area contributed by atoms with Crippen molar-refractivity contribution in [3.8, 4) is 0 Å². The lowest BCUT2D eigenvalue weighted by molar-refractivity contribution is -0.193. The average molecular weight is 264 g/mol. The molecule has 1 heterocycles. The van der Waals surface area contributed by atoms with E-state index < -0.39 is 22.0 Å². The molecule has 5 nitrogen and oxygen atoms in total. The highest BCUT2D eigenvalue weighted by atomic mass is 32.2. The van der Waals surface area contributed by atoms with Gasteiger partial charge in [0.05, 0.1) is 12.9 Å². The Bertz CT molecular complexity index is 358. The van der Waals surface area contributed by atoms with Gasteiger partial charge in [-0.15, -0.1) is 0 Å². The molecule has 17 heavy (non-hydrogen) atoms. The third-order valence-corrected chi connectivity index (χ3v) is 4.00. The SMILES string of the molecule is CC(OS(C)(=O)=O)C1COC2(CCCCC2)O1. The van der Waals surface area contributed by atoms with Crippen LogP contribution in [0, 0.1) is 0 Å². The van der Waals surface area contributed by atoms with Gasteiger partial charge in [0.2, 0.25) is 0 Å². The quantitative estimate of drug-likeness (QED) is 0.722. The predicted octanol–water partition coefficient (Wildman–Crippen LogP) is 1.43. The number of hydrogen-bond donors (Lipinski definition) is 0. The fourth-order valence-electron chi connectivity index (χ4n) is 2.50. The molecule has 0 N–H and O–H groups in total. The predicted molar refractivity (Wildman–Crippen MR) is 62.0 cm³/mol. The molecular formula is C11H20O5S. The van der Waals surface area contributed by atoms with E-state index in [0.717, 1.165) is 31.9 Å². The summed E-state index contributed by atoms with van der Waals surface area (Å²) >= 11 is 0. The first-order chi connectivity index (χ1) is 7.90. The monoisotopic (exact) mass is 264 g/mol. The maximum atomic E-state index is 11.0. The van der Waals surface area contributed by atoms with Gasteiger partial charge >= 0.3 is 0 Å². The summed E-state index contributed by atoms with van der Waals surface area (Å²) in [5.74, 6) is -0.474. The molecule has 1 saturated carbocycles. The first-order valence-electron chi connectivity index (χ1n) is 6.10. The van der Waals surface area contributed by atoms with E-state index in [1.54, 1.807) is 6.92 Å². The van der Waals surface area contributed by atoms with Gasteiger partial charge in [-0.2, -0.15) is 8.42 Å². The molecule has 2 rings (SSSR count). The second-order valence-electron chi connectivity index (χ2n) is 4.94. The lowest BCUT2D eigenvalue weighted by atomic mass is 9.94. The van der Waals surface area contributed by atoms with Crippen molar-refractivity contribution in [2.24, 2.45) is 0 Å². The molecule has 1 aliphatic carbocycles. The minimum Gasteiger partial charge on any atom is -0.347 e. The molecule has 1 saturated heterocycles. The summed E-state index contributed by atoms with van der Waals surface area (Å²) in [7, 11) is -3.44. The molecule has 0 amide bonds. The van der Waals surface area contributed by atoms with Crippen LogP contribution in [0.15, 0.2) is 0 Å². The molecule has 0 bridgehead atoms. The van der Waals surface area contributed by atoms with Crippen LogP contribution in [0.3, 0.4) is 0 Å². The molecule has 0 aromatic rings. The van der Waals surface area contributed by atoms with Crippen molar-refractivity contribution in [1.29, 1.82) is 0 Å². The van der Waals surface area contributed by atoms with Crippen molar-refractivity contribution in [3.63, 3.8) is 0 Å². The molecule has 1 spiro atoms. The smallest absolute Gasteiger partial charge is 0.264 e.